The van der Waals surface area contributed by atoms with E-state index in [9.17, 15) is 20.0 Å². The van der Waals surface area contributed by atoms with Crippen LogP contribution in [0.5, 0.6) is 0 Å². The second-order valence-corrected chi connectivity index (χ2v) is 5.66. The number of rotatable bonds is 4. The Morgan fingerprint density at radius 1 is 1.33 bits per heavy atom. The van der Waals surface area contributed by atoms with Crippen molar-refractivity contribution in [2.45, 2.75) is 45.1 Å². The Kier molecular flexibility index (Phi) is 4.77. The van der Waals surface area contributed by atoms with Crippen molar-refractivity contribution in [3.63, 3.8) is 0 Å². The van der Waals surface area contributed by atoms with E-state index in [0.717, 1.165) is 19.3 Å². The summed E-state index contributed by atoms with van der Waals surface area (Å²) in [6.45, 7) is 2.14. The maximum atomic E-state index is 11.3. The molecule has 2 rings (SSSR count). The van der Waals surface area contributed by atoms with Gasteiger partial charge in [0.25, 0.3) is 5.69 Å². The molecule has 2 N–H and O–H groups in total. The van der Waals surface area contributed by atoms with E-state index in [2.05, 4.69) is 12.2 Å². The zero-order valence-corrected chi connectivity index (χ0v) is 12.0. The lowest BCUT2D eigenvalue weighted by Gasteiger charge is -2.24. The molecule has 0 bridgehead atoms. The number of benzene rings is 1. The third kappa shape index (κ3) is 3.71. The monoisotopic (exact) mass is 292 g/mol. The minimum absolute atomic E-state index is 0.0806. The molecule has 0 aromatic heterocycles. The zero-order chi connectivity index (χ0) is 15.4. The van der Waals surface area contributed by atoms with E-state index in [1.54, 1.807) is 0 Å². The van der Waals surface area contributed by atoms with Gasteiger partial charge in [0, 0.05) is 18.2 Å². The van der Waals surface area contributed by atoms with Gasteiger partial charge in [-0.1, -0.05) is 26.2 Å². The maximum absolute atomic E-state index is 11.3. The first-order valence-corrected chi connectivity index (χ1v) is 7.27. The first kappa shape index (κ1) is 15.3. The Morgan fingerprint density at radius 2 is 2.05 bits per heavy atom. The summed E-state index contributed by atoms with van der Waals surface area (Å²) in [5, 5.41) is 23.3. The van der Waals surface area contributed by atoms with Gasteiger partial charge in [-0.25, -0.2) is 4.79 Å². The largest absolute Gasteiger partial charge is 0.478 e. The topological polar surface area (TPSA) is 92.5 Å². The lowest BCUT2D eigenvalue weighted by atomic mass is 9.96. The molecule has 1 aliphatic carbocycles. The first-order chi connectivity index (χ1) is 9.99. The van der Waals surface area contributed by atoms with E-state index in [1.165, 1.54) is 31.0 Å². The Labute approximate surface area is 123 Å². The molecular weight excluding hydrogens is 272 g/mol. The van der Waals surface area contributed by atoms with Gasteiger partial charge in [0.05, 0.1) is 16.2 Å². The number of non-ortho nitro benzene ring substituents is 1. The number of hydrogen-bond donors (Lipinski definition) is 2. The van der Waals surface area contributed by atoms with E-state index >= 15 is 0 Å². The number of nitro benzene ring substituents is 1. The smallest absolute Gasteiger partial charge is 0.337 e. The number of nitrogens with one attached hydrogen (secondary N) is 1. The van der Waals surface area contributed by atoms with E-state index in [4.69, 9.17) is 0 Å². The summed E-state index contributed by atoms with van der Waals surface area (Å²) in [7, 11) is 0. The van der Waals surface area contributed by atoms with E-state index in [-0.39, 0.29) is 17.3 Å². The lowest BCUT2D eigenvalue weighted by Crippen LogP contribution is -2.27. The molecule has 21 heavy (non-hydrogen) atoms. The Hall–Kier alpha value is -2.11. The molecule has 1 fully saturated rings. The molecular formula is C15H20N2O4. The third-order valence-corrected chi connectivity index (χ3v) is 4.15. The summed E-state index contributed by atoms with van der Waals surface area (Å²) in [5.74, 6) is -0.651. The molecule has 6 heteroatoms. The van der Waals surface area contributed by atoms with Gasteiger partial charge in [-0.15, -0.1) is 0 Å². The second kappa shape index (κ2) is 6.56. The average Bonchev–Trinajstić information content (AvgIpc) is 2.64. The van der Waals surface area contributed by atoms with Gasteiger partial charge in [0.1, 0.15) is 0 Å². The van der Waals surface area contributed by atoms with Gasteiger partial charge in [0.2, 0.25) is 0 Å². The van der Waals surface area contributed by atoms with Crippen LogP contribution in [0.3, 0.4) is 0 Å². The molecule has 2 atom stereocenters. The van der Waals surface area contributed by atoms with Crippen molar-refractivity contribution in [1.29, 1.82) is 0 Å². The van der Waals surface area contributed by atoms with Gasteiger partial charge < -0.3 is 10.4 Å². The SMILES string of the molecule is CC1CCCCCC1Nc1cc([N+](=O)[O-])ccc1C(=O)O. The normalized spacial score (nSPS) is 22.3. The third-order valence-electron chi connectivity index (χ3n) is 4.15. The van der Waals surface area contributed by atoms with Crippen molar-refractivity contribution < 1.29 is 14.8 Å². The van der Waals surface area contributed by atoms with E-state index in [1.807, 2.05) is 0 Å². The van der Waals surface area contributed by atoms with E-state index in [0.29, 0.717) is 11.6 Å². The van der Waals surface area contributed by atoms with Gasteiger partial charge in [-0.2, -0.15) is 0 Å². The van der Waals surface area contributed by atoms with E-state index < -0.39 is 10.9 Å². The van der Waals surface area contributed by atoms with Gasteiger partial charge >= 0.3 is 5.97 Å². The van der Waals surface area contributed by atoms with Gasteiger partial charge in [-0.3, -0.25) is 10.1 Å². The van der Waals surface area contributed by atoms with Crippen LogP contribution in [0.4, 0.5) is 11.4 Å². The second-order valence-electron chi connectivity index (χ2n) is 5.66. The standard InChI is InChI=1S/C15H20N2O4/c1-10-5-3-2-4-6-13(10)16-14-9-11(17(20)21)7-8-12(14)15(18)19/h7-10,13,16H,2-6H2,1H3,(H,18,19). The van der Waals surface area contributed by atoms with Crippen molar-refractivity contribution in [3.8, 4) is 0 Å². The van der Waals surface area contributed by atoms with Crippen LogP contribution in [-0.4, -0.2) is 22.0 Å². The summed E-state index contributed by atoms with van der Waals surface area (Å²) in [6, 6.07) is 4.00. The molecule has 6 nitrogen and oxygen atoms in total. The number of carboxylic acid groups (broad SMARTS) is 1. The number of carbonyl (C=O) groups is 1. The molecule has 0 aliphatic heterocycles. The molecule has 1 aromatic rings. The maximum Gasteiger partial charge on any atom is 0.337 e. The molecule has 0 amide bonds. The highest BCUT2D eigenvalue weighted by atomic mass is 16.6. The van der Waals surface area contributed by atoms with Crippen molar-refractivity contribution in [2.75, 3.05) is 5.32 Å². The van der Waals surface area contributed by atoms with Crippen LogP contribution in [0, 0.1) is 16.0 Å². The number of hydrogen-bond acceptors (Lipinski definition) is 4. The average molecular weight is 292 g/mol. The van der Waals surface area contributed by atoms with Crippen LogP contribution < -0.4 is 5.32 Å². The van der Waals surface area contributed by atoms with Crippen molar-refractivity contribution >= 4 is 17.3 Å². The minimum Gasteiger partial charge on any atom is -0.478 e. The Morgan fingerprint density at radius 3 is 2.71 bits per heavy atom. The van der Waals surface area contributed by atoms with Gasteiger partial charge in [-0.05, 0) is 24.8 Å². The number of nitrogens with zero attached hydrogens (tertiary/aromatic N) is 1. The Bertz CT molecular complexity index is 544. The fourth-order valence-corrected chi connectivity index (χ4v) is 2.86. The molecule has 1 aliphatic rings. The lowest BCUT2D eigenvalue weighted by molar-refractivity contribution is -0.384. The summed E-state index contributed by atoms with van der Waals surface area (Å²) >= 11 is 0. The summed E-state index contributed by atoms with van der Waals surface area (Å²) in [5.41, 5.74) is 0.330. The molecule has 0 spiro atoms. The van der Waals surface area contributed by atoms with Crippen molar-refractivity contribution in [3.05, 3.63) is 33.9 Å². The summed E-state index contributed by atoms with van der Waals surface area (Å²) < 4.78 is 0. The number of nitro groups is 1. The van der Waals surface area contributed by atoms with Crippen LogP contribution in [0.2, 0.25) is 0 Å². The van der Waals surface area contributed by atoms with Crippen molar-refractivity contribution in [1.82, 2.24) is 0 Å². The molecule has 1 aromatic carbocycles. The molecule has 0 heterocycles. The van der Waals surface area contributed by atoms with Crippen LogP contribution in [-0.2, 0) is 0 Å². The molecule has 114 valence electrons. The predicted molar refractivity (Wildman–Crippen MR) is 79.7 cm³/mol. The van der Waals surface area contributed by atoms with Crippen LogP contribution in [0.1, 0.15) is 49.4 Å². The predicted octanol–water partition coefficient (Wildman–Crippen LogP) is 3.67. The summed E-state index contributed by atoms with van der Waals surface area (Å²) in [6.07, 6.45) is 5.51. The summed E-state index contributed by atoms with van der Waals surface area (Å²) in [4.78, 5) is 21.7. The highest BCUT2D eigenvalue weighted by Gasteiger charge is 2.23. The Balaban J connectivity index is 2.29. The molecule has 1 saturated carbocycles. The number of aromatic carboxylic acids is 1. The molecule has 0 radical (unpaired) electrons. The highest BCUT2D eigenvalue weighted by molar-refractivity contribution is 5.94. The fourth-order valence-electron chi connectivity index (χ4n) is 2.86. The quantitative estimate of drug-likeness (QED) is 0.501. The highest BCUT2D eigenvalue weighted by Crippen LogP contribution is 2.29. The van der Waals surface area contributed by atoms with Crippen LogP contribution >= 0.6 is 0 Å². The van der Waals surface area contributed by atoms with Crippen LogP contribution in [0.15, 0.2) is 18.2 Å². The minimum atomic E-state index is -1.08. The van der Waals surface area contributed by atoms with Gasteiger partial charge in [0.15, 0.2) is 0 Å². The number of anilines is 1. The fraction of sp³-hybridized carbons (Fsp3) is 0.533. The van der Waals surface area contributed by atoms with Crippen molar-refractivity contribution in [2.24, 2.45) is 5.92 Å². The molecule has 2 unspecified atom stereocenters. The molecule has 0 saturated heterocycles. The zero-order valence-electron chi connectivity index (χ0n) is 12.0. The van der Waals surface area contributed by atoms with Crippen LogP contribution in [0.25, 0.3) is 0 Å². The number of carboxylic acids is 1. The first-order valence-electron chi connectivity index (χ1n) is 7.27.